The van der Waals surface area contributed by atoms with Crippen molar-refractivity contribution in [2.75, 3.05) is 44.2 Å². The van der Waals surface area contributed by atoms with Gasteiger partial charge in [-0.3, -0.25) is 0 Å². The highest BCUT2D eigenvalue weighted by Gasteiger charge is 2.08. The predicted molar refractivity (Wildman–Crippen MR) is 71.3 cm³/mol. The number of nitrogens with zero attached hydrogens (tertiary/aromatic N) is 3. The van der Waals surface area contributed by atoms with Gasteiger partial charge in [0.25, 0.3) is 0 Å². The van der Waals surface area contributed by atoms with E-state index in [-0.39, 0.29) is 6.61 Å². The monoisotopic (exact) mass is 237 g/mol. The molecule has 0 aliphatic rings. The summed E-state index contributed by atoms with van der Waals surface area (Å²) in [5.41, 5.74) is 0. The molecule has 1 N–H and O–H groups in total. The molecule has 4 nitrogen and oxygen atoms in total. The van der Waals surface area contributed by atoms with Crippen LogP contribution in [0.15, 0.2) is 24.4 Å². The fraction of sp³-hybridized carbons (Fsp3) is 0.615. The number of rotatable bonds is 8. The first-order chi connectivity index (χ1) is 8.31. The Hall–Kier alpha value is -1.13. The lowest BCUT2D eigenvalue weighted by molar-refractivity contribution is 0.287. The van der Waals surface area contributed by atoms with Gasteiger partial charge in [-0.15, -0.1) is 0 Å². The molecule has 0 aromatic carbocycles. The van der Waals surface area contributed by atoms with Crippen molar-refractivity contribution >= 4 is 5.82 Å². The van der Waals surface area contributed by atoms with Gasteiger partial charge >= 0.3 is 0 Å². The van der Waals surface area contributed by atoms with E-state index in [1.165, 1.54) is 0 Å². The first-order valence-electron chi connectivity index (χ1n) is 6.31. The van der Waals surface area contributed by atoms with Gasteiger partial charge < -0.3 is 14.9 Å². The highest BCUT2D eigenvalue weighted by molar-refractivity contribution is 5.37. The number of aromatic nitrogens is 1. The van der Waals surface area contributed by atoms with Crippen LogP contribution in [0.4, 0.5) is 5.82 Å². The third-order valence-corrected chi connectivity index (χ3v) is 2.92. The van der Waals surface area contributed by atoms with Crippen LogP contribution in [0.5, 0.6) is 0 Å². The Balaban J connectivity index is 2.55. The Kier molecular flexibility index (Phi) is 6.58. The highest BCUT2D eigenvalue weighted by atomic mass is 16.3. The van der Waals surface area contributed by atoms with Crippen LogP contribution in [0.2, 0.25) is 0 Å². The number of hydrogen-bond donors (Lipinski definition) is 1. The number of pyridine rings is 1. The minimum absolute atomic E-state index is 0.162. The molecule has 1 rings (SSSR count). The van der Waals surface area contributed by atoms with Crippen LogP contribution in [0.1, 0.15) is 13.8 Å². The van der Waals surface area contributed by atoms with Crippen LogP contribution < -0.4 is 4.90 Å². The zero-order valence-corrected chi connectivity index (χ0v) is 10.8. The molecule has 1 aromatic heterocycles. The molecule has 0 fully saturated rings. The first-order valence-corrected chi connectivity index (χ1v) is 6.31. The maximum absolute atomic E-state index is 9.09. The molecule has 0 saturated carbocycles. The van der Waals surface area contributed by atoms with E-state index in [2.05, 4.69) is 28.6 Å². The molecule has 1 aromatic rings. The van der Waals surface area contributed by atoms with E-state index in [4.69, 9.17) is 5.11 Å². The predicted octanol–water partition coefficient (Wildman–Crippen LogP) is 1.22. The van der Waals surface area contributed by atoms with Gasteiger partial charge in [-0.25, -0.2) is 4.98 Å². The summed E-state index contributed by atoms with van der Waals surface area (Å²) in [5.74, 6) is 0.939. The van der Waals surface area contributed by atoms with Gasteiger partial charge in [-0.05, 0) is 25.2 Å². The van der Waals surface area contributed by atoms with Gasteiger partial charge in [-0.1, -0.05) is 19.9 Å². The summed E-state index contributed by atoms with van der Waals surface area (Å²) in [4.78, 5) is 8.82. The summed E-state index contributed by atoms with van der Waals surface area (Å²) < 4.78 is 0. The van der Waals surface area contributed by atoms with Gasteiger partial charge in [0.2, 0.25) is 0 Å². The number of aliphatic hydroxyl groups is 1. The van der Waals surface area contributed by atoms with Gasteiger partial charge in [0.05, 0.1) is 6.61 Å². The van der Waals surface area contributed by atoms with Crippen molar-refractivity contribution in [2.45, 2.75) is 13.8 Å². The average Bonchev–Trinajstić information content (AvgIpc) is 2.39. The normalized spacial score (nSPS) is 10.8. The summed E-state index contributed by atoms with van der Waals surface area (Å²) in [6, 6.07) is 5.87. The highest BCUT2D eigenvalue weighted by Crippen LogP contribution is 2.08. The zero-order valence-electron chi connectivity index (χ0n) is 10.8. The fourth-order valence-electron chi connectivity index (χ4n) is 1.80. The smallest absolute Gasteiger partial charge is 0.128 e. The van der Waals surface area contributed by atoms with Gasteiger partial charge in [0.15, 0.2) is 0 Å². The Morgan fingerprint density at radius 2 is 1.88 bits per heavy atom. The molecule has 0 bridgehead atoms. The van der Waals surface area contributed by atoms with E-state index in [1.807, 2.05) is 18.2 Å². The van der Waals surface area contributed by atoms with E-state index in [0.717, 1.165) is 32.0 Å². The standard InChI is InChI=1S/C13H23N3O/c1-3-15(4-2)9-10-16(11-12-17)13-7-5-6-8-14-13/h5-8,17H,3-4,9-12H2,1-2H3. The lowest BCUT2D eigenvalue weighted by atomic mass is 10.3. The van der Waals surface area contributed by atoms with E-state index >= 15 is 0 Å². The Labute approximate surface area is 104 Å². The van der Waals surface area contributed by atoms with E-state index in [0.29, 0.717) is 6.54 Å². The van der Waals surface area contributed by atoms with Crippen molar-refractivity contribution in [3.8, 4) is 0 Å². The zero-order chi connectivity index (χ0) is 12.5. The second-order valence-electron chi connectivity index (χ2n) is 3.93. The van der Waals surface area contributed by atoms with Crippen molar-refractivity contribution in [1.82, 2.24) is 9.88 Å². The number of likely N-dealkylation sites (N-methyl/N-ethyl adjacent to an activating group) is 1. The molecule has 1 heterocycles. The Morgan fingerprint density at radius 3 is 2.41 bits per heavy atom. The fourth-order valence-corrected chi connectivity index (χ4v) is 1.80. The maximum atomic E-state index is 9.09. The van der Waals surface area contributed by atoms with Crippen molar-refractivity contribution in [3.63, 3.8) is 0 Å². The van der Waals surface area contributed by atoms with Crippen molar-refractivity contribution < 1.29 is 5.11 Å². The van der Waals surface area contributed by atoms with Crippen LogP contribution in [0, 0.1) is 0 Å². The lowest BCUT2D eigenvalue weighted by Gasteiger charge is -2.26. The SMILES string of the molecule is CCN(CC)CCN(CCO)c1ccccn1. The molecule has 0 spiro atoms. The summed E-state index contributed by atoms with van der Waals surface area (Å²) >= 11 is 0. The molecule has 0 aliphatic carbocycles. The molecule has 0 unspecified atom stereocenters. The van der Waals surface area contributed by atoms with Crippen LogP contribution >= 0.6 is 0 Å². The van der Waals surface area contributed by atoms with Crippen LogP contribution in [-0.2, 0) is 0 Å². The van der Waals surface area contributed by atoms with Crippen LogP contribution in [0.3, 0.4) is 0 Å². The molecule has 96 valence electrons. The maximum Gasteiger partial charge on any atom is 0.128 e. The molecule has 0 radical (unpaired) electrons. The molecule has 17 heavy (non-hydrogen) atoms. The van der Waals surface area contributed by atoms with Gasteiger partial charge in [0, 0.05) is 25.8 Å². The minimum Gasteiger partial charge on any atom is -0.395 e. The van der Waals surface area contributed by atoms with Crippen LogP contribution in [0.25, 0.3) is 0 Å². The molecule has 0 aliphatic heterocycles. The van der Waals surface area contributed by atoms with E-state index in [1.54, 1.807) is 6.20 Å². The quantitative estimate of drug-likeness (QED) is 0.738. The van der Waals surface area contributed by atoms with E-state index < -0.39 is 0 Å². The molecular weight excluding hydrogens is 214 g/mol. The van der Waals surface area contributed by atoms with Crippen LogP contribution in [-0.4, -0.2) is 54.3 Å². The summed E-state index contributed by atoms with van der Waals surface area (Å²) in [6.07, 6.45) is 1.79. The molecule has 0 amide bonds. The van der Waals surface area contributed by atoms with Crippen molar-refractivity contribution in [2.24, 2.45) is 0 Å². The van der Waals surface area contributed by atoms with Gasteiger partial charge in [-0.2, -0.15) is 0 Å². The lowest BCUT2D eigenvalue weighted by Crippen LogP contribution is -2.37. The molecule has 4 heteroatoms. The average molecular weight is 237 g/mol. The molecule has 0 atom stereocenters. The Bertz CT molecular complexity index is 288. The Morgan fingerprint density at radius 1 is 1.12 bits per heavy atom. The van der Waals surface area contributed by atoms with E-state index in [9.17, 15) is 0 Å². The topological polar surface area (TPSA) is 39.6 Å². The number of aliphatic hydroxyl groups excluding tert-OH is 1. The van der Waals surface area contributed by atoms with Gasteiger partial charge in [0.1, 0.15) is 5.82 Å². The third kappa shape index (κ3) is 4.71. The first kappa shape index (κ1) is 13.9. The minimum atomic E-state index is 0.162. The molecule has 0 saturated heterocycles. The van der Waals surface area contributed by atoms with Crippen molar-refractivity contribution in [3.05, 3.63) is 24.4 Å². The molecular formula is C13H23N3O. The largest absolute Gasteiger partial charge is 0.395 e. The summed E-state index contributed by atoms with van der Waals surface area (Å²) in [5, 5.41) is 9.09. The third-order valence-electron chi connectivity index (χ3n) is 2.92. The number of hydrogen-bond acceptors (Lipinski definition) is 4. The van der Waals surface area contributed by atoms with Crippen molar-refractivity contribution in [1.29, 1.82) is 0 Å². The second-order valence-corrected chi connectivity index (χ2v) is 3.93. The second kappa shape index (κ2) is 8.03. The summed E-state index contributed by atoms with van der Waals surface area (Å²) in [7, 11) is 0. The summed E-state index contributed by atoms with van der Waals surface area (Å²) in [6.45, 7) is 9.16. The number of anilines is 1.